The van der Waals surface area contributed by atoms with Gasteiger partial charge < -0.3 is 175 Å². The van der Waals surface area contributed by atoms with E-state index in [0.717, 1.165) is 22.3 Å². The van der Waals surface area contributed by atoms with E-state index in [0.29, 0.717) is 187 Å². The number of urea groups is 1. The minimum absolute atomic E-state index is 0.00200. The number of primary amides is 1. The molecule has 4 aromatic carbocycles. The summed E-state index contributed by atoms with van der Waals surface area (Å²) in [6.07, 6.45) is -14.6. The predicted octanol–water partition coefficient (Wildman–Crippen LogP) is 0.410. The molecule has 8 amide bonds. The minimum Gasteiger partial charge on any atom is -0.458 e. The fourth-order valence-corrected chi connectivity index (χ4v) is 17.6. The highest BCUT2D eigenvalue weighted by molar-refractivity contribution is 5.99. The van der Waals surface area contributed by atoms with Gasteiger partial charge in [0.15, 0.2) is 5.60 Å². The zero-order valence-corrected chi connectivity index (χ0v) is 85.3. The van der Waals surface area contributed by atoms with Crippen LogP contribution in [0.2, 0.25) is 0 Å². The molecule has 0 saturated carbocycles. The number of nitrogens with one attached hydrogen (secondary N) is 7. The summed E-state index contributed by atoms with van der Waals surface area (Å²) < 4.78 is 101. The first-order valence-corrected chi connectivity index (χ1v) is 50.9. The number of aliphatic hydroxyl groups excluding tert-OH is 10. The molecule has 0 bridgehead atoms. The van der Waals surface area contributed by atoms with Gasteiger partial charge in [0.25, 0.3) is 5.56 Å². The molecule has 2 aliphatic heterocycles. The predicted molar refractivity (Wildman–Crippen MR) is 536 cm³/mol. The van der Waals surface area contributed by atoms with E-state index in [1.165, 1.54) is 15.5 Å². The number of aromatic nitrogens is 2. The largest absolute Gasteiger partial charge is 0.458 e. The van der Waals surface area contributed by atoms with Crippen molar-refractivity contribution in [3.8, 4) is 22.5 Å². The number of halogens is 1. The number of carbonyl (C=O) groups excluding carboxylic acids is 8. The van der Waals surface area contributed by atoms with Gasteiger partial charge in [0, 0.05) is 73.3 Å². The number of nitrogens with zero attached hydrogens (tertiary/aromatic N) is 3. The lowest BCUT2D eigenvalue weighted by Gasteiger charge is -2.33. The molecular formula is C103H148FN11O35. The molecule has 2 aromatic heterocycles. The molecule has 832 valence electrons. The number of hydrogen-bond acceptors (Lipinski definition) is 37. The third kappa shape index (κ3) is 36.6. The smallest absolute Gasteiger partial charge is 0.407 e. The zero-order chi connectivity index (χ0) is 108. The number of alkyl carbamates (subject to hydrolysis) is 2. The summed E-state index contributed by atoms with van der Waals surface area (Å²) in [4.78, 5) is 129. The van der Waals surface area contributed by atoms with E-state index in [-0.39, 0.29) is 154 Å². The van der Waals surface area contributed by atoms with Gasteiger partial charge in [-0.3, -0.25) is 28.9 Å². The first kappa shape index (κ1) is 121. The average Bonchev–Trinajstić information content (AvgIpc) is 1.53. The monoisotopic (exact) mass is 2120 g/mol. The van der Waals surface area contributed by atoms with Crippen LogP contribution in [-0.4, -0.2) is 397 Å². The van der Waals surface area contributed by atoms with Gasteiger partial charge in [0.2, 0.25) is 23.6 Å². The van der Waals surface area contributed by atoms with Gasteiger partial charge in [-0.2, -0.15) is 0 Å². The van der Waals surface area contributed by atoms with Crippen molar-refractivity contribution in [2.24, 2.45) is 11.7 Å². The summed E-state index contributed by atoms with van der Waals surface area (Å²) in [6.45, 7) is 11.0. The van der Waals surface area contributed by atoms with E-state index in [4.69, 9.17) is 92.0 Å². The van der Waals surface area contributed by atoms with E-state index in [1.807, 2.05) is 48.5 Å². The van der Waals surface area contributed by atoms with Crippen LogP contribution < -0.4 is 48.5 Å². The highest BCUT2D eigenvalue weighted by Gasteiger charge is 2.47. The molecule has 2 aliphatic carbocycles. The lowest BCUT2D eigenvalue weighted by atomic mass is 9.81. The molecule has 0 unspecified atom stereocenters. The minimum atomic E-state index is -2.08. The summed E-state index contributed by atoms with van der Waals surface area (Å²) in [5, 5.41) is 131. The number of aliphatic hydroxyl groups is 11. The molecule has 46 nitrogen and oxygen atoms in total. The molecule has 150 heavy (non-hydrogen) atoms. The van der Waals surface area contributed by atoms with Gasteiger partial charge in [-0.25, -0.2) is 28.6 Å². The van der Waals surface area contributed by atoms with Crippen molar-refractivity contribution in [2.45, 2.75) is 190 Å². The van der Waals surface area contributed by atoms with E-state index in [2.05, 4.69) is 37.2 Å². The first-order valence-electron chi connectivity index (χ1n) is 50.9. The fraction of sp³-hybridized carbons (Fsp3) is 0.612. The maximum atomic E-state index is 15.6. The van der Waals surface area contributed by atoms with Crippen molar-refractivity contribution in [1.29, 1.82) is 0 Å². The molecule has 0 spiro atoms. The molecule has 4 aliphatic rings. The Hall–Kier alpha value is -10.6. The SMILES string of the molecule is CC[C@@]1(O)C(=O)OCc2c1cc1n(c2=O)Cc2c-1nc1cc(F)c(C)c3c1c2[C@@H](NC(=O)OCc1ccc(NC(=O)[C@H](CCCNC(N)=O)NC(=O)[C@@H](NC(=O)[C@H](CCCCNC(=O)CCOCCOCCOCCOCCOCCOCCOCCOCCOCCOCCOCCOCCN(C[C@@H](O)[C@@H](O)[C@H](O)[C@H](O)CO)C[C@@H](O)[C@@H](O)[C@H](O)[C@H](O)CO)NC(=O)OCC2c4ccccc4-c4ccccc42)C(C)C)cc1)CC3. The summed E-state index contributed by atoms with van der Waals surface area (Å²) in [6, 6.07) is 19.6. The van der Waals surface area contributed by atoms with Gasteiger partial charge >= 0.3 is 24.2 Å². The number of ether oxygens (including phenoxy) is 15. The second-order valence-electron chi connectivity index (χ2n) is 36.9. The molecular weight excluding hydrogens is 1970 g/mol. The highest BCUT2D eigenvalue weighted by atomic mass is 19.1. The number of anilines is 1. The number of esters is 1. The number of fused-ring (bicyclic) bond motifs is 8. The van der Waals surface area contributed by atoms with Crippen LogP contribution in [0, 0.1) is 18.7 Å². The third-order valence-electron chi connectivity index (χ3n) is 26.0. The molecule has 0 fully saturated rings. The molecule has 0 saturated heterocycles. The van der Waals surface area contributed by atoms with Crippen molar-refractivity contribution in [2.75, 3.05) is 216 Å². The Balaban J connectivity index is 0.556. The number of pyridine rings is 2. The van der Waals surface area contributed by atoms with E-state index in [1.54, 1.807) is 58.0 Å². The van der Waals surface area contributed by atoms with Crippen LogP contribution in [0.1, 0.15) is 134 Å². The second kappa shape index (κ2) is 63.8. The van der Waals surface area contributed by atoms with Crippen molar-refractivity contribution < 1.29 is 170 Å². The molecule has 47 heteroatoms. The van der Waals surface area contributed by atoms with Gasteiger partial charge in [0.05, 0.1) is 219 Å². The number of unbranched alkanes of at least 4 members (excludes halogenated alkanes) is 1. The molecule has 6 aromatic rings. The van der Waals surface area contributed by atoms with Gasteiger partial charge in [-0.05, 0) is 127 Å². The van der Waals surface area contributed by atoms with Crippen LogP contribution in [-0.2, 0) is 127 Å². The lowest BCUT2D eigenvalue weighted by molar-refractivity contribution is -0.172. The number of aryl methyl sites for hydroxylation is 1. The van der Waals surface area contributed by atoms with Crippen LogP contribution in [0.15, 0.2) is 89.7 Å². The standard InChI is InChI=1S/C103H148FN11O35/c1-5-103(135)75-53-81-90-72(55-115(81)98(130)74(75)62-148-99(103)131)88-77(24-23-67-64(4)76(104)54-80(109-90)87(67)88)111-101(133)149-60-65-19-21-66(22-20-65)108-95(127)78(18-12-27-107-100(105)132)110-97(129)89(63(2)3)113-96(128)79(112-102(134)150-61-73-70-15-8-6-13-68(70)69-14-7-9-16-71(69)73)17-10-11-26-106-86(122)25-29-136-31-33-138-35-37-140-39-41-142-43-45-144-47-49-146-51-52-147-50-48-145-46-44-143-42-40-141-38-36-139-34-32-137-30-28-114(56-82(118)91(123)93(125)84(120)58-116)57-83(119)92(124)94(126)85(121)59-117/h6-9,13-16,19-22,53-54,63,73,77-79,82-85,89,91-94,116-121,123-126,135H,5,10-12,17-18,23-52,55-62H2,1-4H3,(H,106,122)(H,108,127)(H,110,129)(H,111,133)(H,112,134)(H,113,128)(H3,105,107,132)/t77-,78-,79-,82+,83+,84+,85+,89-,91+,92+,93+,94+,103-/m0/s1. The molecule has 13 atom stereocenters. The number of cyclic esters (lactones) is 1. The summed E-state index contributed by atoms with van der Waals surface area (Å²) in [5.74, 6) is -4.64. The van der Waals surface area contributed by atoms with Crippen LogP contribution in [0.3, 0.4) is 0 Å². The van der Waals surface area contributed by atoms with Crippen molar-refractivity contribution in [3.05, 3.63) is 151 Å². The van der Waals surface area contributed by atoms with E-state index >= 15 is 4.39 Å². The number of carbonyl (C=O) groups is 8. The normalized spacial score (nSPS) is 16.7. The zero-order valence-electron chi connectivity index (χ0n) is 85.3. The van der Waals surface area contributed by atoms with Crippen molar-refractivity contribution in [3.63, 3.8) is 0 Å². The van der Waals surface area contributed by atoms with Gasteiger partial charge in [-0.1, -0.05) is 81.4 Å². The van der Waals surface area contributed by atoms with E-state index in [9.17, 15) is 89.1 Å². The Labute approximate surface area is 868 Å². The first-order chi connectivity index (χ1) is 72.4. The summed E-state index contributed by atoms with van der Waals surface area (Å²) in [7, 11) is 0. The molecule has 10 rings (SSSR count). The highest BCUT2D eigenvalue weighted by Crippen LogP contribution is 2.48. The van der Waals surface area contributed by atoms with Gasteiger partial charge in [0.1, 0.15) is 80.4 Å². The number of amides is 8. The summed E-state index contributed by atoms with van der Waals surface area (Å²) >= 11 is 0. The maximum Gasteiger partial charge on any atom is 0.407 e. The molecule has 4 heterocycles. The van der Waals surface area contributed by atoms with Crippen molar-refractivity contribution >= 4 is 64.4 Å². The fourth-order valence-electron chi connectivity index (χ4n) is 17.6. The molecule has 0 radical (unpaired) electrons. The second-order valence-corrected chi connectivity index (χ2v) is 36.9. The summed E-state index contributed by atoms with van der Waals surface area (Å²) in [5.41, 5.74) is 11.1. The Morgan fingerprint density at radius 1 is 0.560 bits per heavy atom. The Kier molecular flexibility index (Phi) is 51.5. The number of rotatable bonds is 74. The number of benzene rings is 4. The Morgan fingerprint density at radius 2 is 1.05 bits per heavy atom. The van der Waals surface area contributed by atoms with Crippen LogP contribution >= 0.6 is 0 Å². The van der Waals surface area contributed by atoms with E-state index < -0.39 is 164 Å². The topological polar surface area (TPSA) is 646 Å². The number of hydrogen-bond donors (Lipinski definition) is 19. The van der Waals surface area contributed by atoms with Crippen LogP contribution in [0.25, 0.3) is 33.4 Å². The van der Waals surface area contributed by atoms with Crippen LogP contribution in [0.4, 0.5) is 24.5 Å². The third-order valence-corrected chi connectivity index (χ3v) is 26.0. The quantitative estimate of drug-likeness (QED) is 0.0139. The van der Waals surface area contributed by atoms with Gasteiger partial charge in [-0.15, -0.1) is 0 Å². The van der Waals surface area contributed by atoms with Crippen molar-refractivity contribution in [1.82, 2.24) is 46.4 Å². The Morgan fingerprint density at radius 3 is 1.55 bits per heavy atom. The average molecular weight is 2120 g/mol. The molecule has 20 N–H and O–H groups in total. The number of nitrogens with two attached hydrogens (primary N) is 1. The Bertz CT molecular complexity index is 5230. The lowest BCUT2D eigenvalue weighted by Crippen LogP contribution is -2.57. The maximum absolute atomic E-state index is 15.6. The van der Waals surface area contributed by atoms with Crippen LogP contribution in [0.5, 0.6) is 0 Å².